The molecule has 1 aromatic rings. The van der Waals surface area contributed by atoms with Gasteiger partial charge in [0.2, 0.25) is 0 Å². The monoisotopic (exact) mass is 268 g/mol. The first-order valence-electron chi connectivity index (χ1n) is 6.46. The highest BCUT2D eigenvalue weighted by Gasteiger charge is 2.30. The molecule has 1 aliphatic carbocycles. The molecule has 2 atom stereocenters. The van der Waals surface area contributed by atoms with Crippen molar-refractivity contribution in [2.45, 2.75) is 33.1 Å². The molecule has 0 radical (unpaired) electrons. The first kappa shape index (κ1) is 13.5. The van der Waals surface area contributed by atoms with Gasteiger partial charge in [0, 0.05) is 10.9 Å². The summed E-state index contributed by atoms with van der Waals surface area (Å²) in [5.74, 6) is 0.469. The quantitative estimate of drug-likeness (QED) is 0.709. The van der Waals surface area contributed by atoms with Gasteiger partial charge in [-0.05, 0) is 49.3 Å². The minimum Gasteiger partial charge on any atom is -0.294 e. The van der Waals surface area contributed by atoms with Crippen molar-refractivity contribution in [3.8, 4) is 0 Å². The maximum absolute atomic E-state index is 13.7. The molecule has 1 aromatic carbocycles. The van der Waals surface area contributed by atoms with E-state index in [9.17, 15) is 9.18 Å². The lowest BCUT2D eigenvalue weighted by molar-refractivity contribution is 0.0832. The van der Waals surface area contributed by atoms with E-state index in [1.807, 2.05) is 0 Å². The second-order valence-electron chi connectivity index (χ2n) is 5.60. The van der Waals surface area contributed by atoms with Gasteiger partial charge >= 0.3 is 0 Å². The molecule has 0 saturated heterocycles. The van der Waals surface area contributed by atoms with Crippen LogP contribution in [-0.4, -0.2) is 5.78 Å². The van der Waals surface area contributed by atoms with Crippen molar-refractivity contribution in [1.82, 2.24) is 0 Å². The molecule has 0 aromatic heterocycles. The Morgan fingerprint density at radius 3 is 2.39 bits per heavy atom. The number of rotatable bonds is 2. The van der Waals surface area contributed by atoms with Gasteiger partial charge in [-0.2, -0.15) is 0 Å². The van der Waals surface area contributed by atoms with E-state index in [4.69, 9.17) is 11.6 Å². The van der Waals surface area contributed by atoms with E-state index in [0.717, 1.165) is 19.3 Å². The predicted octanol–water partition coefficient (Wildman–Crippen LogP) is 4.73. The van der Waals surface area contributed by atoms with Crippen molar-refractivity contribution < 1.29 is 9.18 Å². The van der Waals surface area contributed by atoms with Gasteiger partial charge in [-0.15, -0.1) is 0 Å². The van der Waals surface area contributed by atoms with Crippen LogP contribution in [0, 0.1) is 23.6 Å². The molecule has 1 nitrogen and oxygen atoms in total. The number of hydrogen-bond acceptors (Lipinski definition) is 1. The van der Waals surface area contributed by atoms with Gasteiger partial charge < -0.3 is 0 Å². The Kier molecular flexibility index (Phi) is 4.06. The standard InChI is InChI=1S/C15H18ClFO/c1-9-5-10(2)7-11(6-9)15(18)13-4-3-12(16)8-14(13)17/h3-4,8-11H,5-7H2,1-2H3. The number of benzene rings is 1. The lowest BCUT2D eigenvalue weighted by Crippen LogP contribution is -2.26. The molecular formula is C15H18ClFO. The first-order chi connectivity index (χ1) is 8.47. The van der Waals surface area contributed by atoms with Crippen molar-refractivity contribution in [3.63, 3.8) is 0 Å². The fourth-order valence-electron chi connectivity index (χ4n) is 3.07. The summed E-state index contributed by atoms with van der Waals surface area (Å²) in [6, 6.07) is 4.29. The lowest BCUT2D eigenvalue weighted by Gasteiger charge is -2.30. The summed E-state index contributed by atoms with van der Waals surface area (Å²) in [5, 5.41) is 0.328. The van der Waals surface area contributed by atoms with Crippen LogP contribution in [0.5, 0.6) is 0 Å². The topological polar surface area (TPSA) is 17.1 Å². The Bertz CT molecular complexity index is 448. The molecule has 98 valence electrons. The van der Waals surface area contributed by atoms with E-state index in [2.05, 4.69) is 13.8 Å². The summed E-state index contributed by atoms with van der Waals surface area (Å²) in [7, 11) is 0. The van der Waals surface area contributed by atoms with Crippen LogP contribution in [0.1, 0.15) is 43.5 Å². The summed E-state index contributed by atoms with van der Waals surface area (Å²) >= 11 is 5.70. The molecule has 0 aliphatic heterocycles. The van der Waals surface area contributed by atoms with Crippen LogP contribution in [0.3, 0.4) is 0 Å². The molecule has 18 heavy (non-hydrogen) atoms. The molecule has 1 saturated carbocycles. The zero-order valence-electron chi connectivity index (χ0n) is 10.7. The zero-order chi connectivity index (χ0) is 13.3. The van der Waals surface area contributed by atoms with Crippen molar-refractivity contribution >= 4 is 17.4 Å². The van der Waals surface area contributed by atoms with Gasteiger partial charge in [-0.3, -0.25) is 4.79 Å². The Balaban J connectivity index is 2.20. The Morgan fingerprint density at radius 1 is 1.22 bits per heavy atom. The minimum absolute atomic E-state index is 0.0422. The summed E-state index contributed by atoms with van der Waals surface area (Å²) in [4.78, 5) is 12.3. The summed E-state index contributed by atoms with van der Waals surface area (Å²) < 4.78 is 13.7. The van der Waals surface area contributed by atoms with Crippen molar-refractivity contribution in [2.24, 2.45) is 17.8 Å². The number of ketones is 1. The van der Waals surface area contributed by atoms with Crippen molar-refractivity contribution in [3.05, 3.63) is 34.6 Å². The highest BCUT2D eigenvalue weighted by Crippen LogP contribution is 2.35. The predicted molar refractivity (Wildman–Crippen MR) is 71.4 cm³/mol. The lowest BCUT2D eigenvalue weighted by atomic mass is 9.74. The maximum Gasteiger partial charge on any atom is 0.168 e. The van der Waals surface area contributed by atoms with Gasteiger partial charge in [-0.1, -0.05) is 25.4 Å². The number of Topliss-reactive ketones (excluding diaryl/α,β-unsaturated/α-hetero) is 1. The van der Waals surface area contributed by atoms with E-state index in [1.165, 1.54) is 12.1 Å². The second kappa shape index (κ2) is 5.40. The number of carbonyl (C=O) groups excluding carboxylic acids is 1. The summed E-state index contributed by atoms with van der Waals surface area (Å²) in [6.45, 7) is 4.32. The van der Waals surface area contributed by atoms with Gasteiger partial charge in [0.1, 0.15) is 5.82 Å². The third-order valence-electron chi connectivity index (χ3n) is 3.75. The minimum atomic E-state index is -0.502. The fourth-order valence-corrected chi connectivity index (χ4v) is 3.23. The normalized spacial score (nSPS) is 28.1. The second-order valence-corrected chi connectivity index (χ2v) is 6.04. The van der Waals surface area contributed by atoms with Crippen LogP contribution < -0.4 is 0 Å². The average Bonchev–Trinajstić information content (AvgIpc) is 2.26. The third-order valence-corrected chi connectivity index (χ3v) is 3.98. The smallest absolute Gasteiger partial charge is 0.168 e. The van der Waals surface area contributed by atoms with Gasteiger partial charge in [0.25, 0.3) is 0 Å². The molecule has 1 aliphatic rings. The molecule has 0 spiro atoms. The Labute approximate surface area is 112 Å². The van der Waals surface area contributed by atoms with Crippen LogP contribution >= 0.6 is 11.6 Å². The Hall–Kier alpha value is -0.890. The van der Waals surface area contributed by atoms with Crippen LogP contribution in [-0.2, 0) is 0 Å². The molecule has 3 heteroatoms. The van der Waals surface area contributed by atoms with Gasteiger partial charge in [-0.25, -0.2) is 4.39 Å². The average molecular weight is 269 g/mol. The summed E-state index contributed by atoms with van der Waals surface area (Å²) in [6.07, 6.45) is 2.89. The van der Waals surface area contributed by atoms with Crippen molar-refractivity contribution in [2.75, 3.05) is 0 Å². The maximum atomic E-state index is 13.7. The third kappa shape index (κ3) is 2.92. The molecule has 0 bridgehead atoms. The van der Waals surface area contributed by atoms with E-state index in [0.29, 0.717) is 16.9 Å². The highest BCUT2D eigenvalue weighted by molar-refractivity contribution is 6.30. The van der Waals surface area contributed by atoms with Crippen LogP contribution in [0.4, 0.5) is 4.39 Å². The van der Waals surface area contributed by atoms with Crippen LogP contribution in [0.15, 0.2) is 18.2 Å². The van der Waals surface area contributed by atoms with Crippen LogP contribution in [0.2, 0.25) is 5.02 Å². The van der Waals surface area contributed by atoms with E-state index in [-0.39, 0.29) is 17.3 Å². The number of carbonyl (C=O) groups is 1. The van der Waals surface area contributed by atoms with Crippen molar-refractivity contribution in [1.29, 1.82) is 0 Å². The van der Waals surface area contributed by atoms with Gasteiger partial charge in [0.05, 0.1) is 5.56 Å². The SMILES string of the molecule is CC1CC(C)CC(C(=O)c2ccc(Cl)cc2F)C1. The fraction of sp³-hybridized carbons (Fsp3) is 0.533. The summed E-state index contributed by atoms with van der Waals surface area (Å²) in [5.41, 5.74) is 0.186. The molecule has 2 rings (SSSR count). The van der Waals surface area contributed by atoms with E-state index in [1.54, 1.807) is 6.07 Å². The number of hydrogen-bond donors (Lipinski definition) is 0. The first-order valence-corrected chi connectivity index (χ1v) is 6.84. The van der Waals surface area contributed by atoms with Gasteiger partial charge in [0.15, 0.2) is 5.78 Å². The molecular weight excluding hydrogens is 251 g/mol. The van der Waals surface area contributed by atoms with Crippen LogP contribution in [0.25, 0.3) is 0 Å². The largest absolute Gasteiger partial charge is 0.294 e. The molecule has 2 unspecified atom stereocenters. The number of halogens is 2. The molecule has 0 heterocycles. The molecule has 0 amide bonds. The van der Waals surface area contributed by atoms with E-state index >= 15 is 0 Å². The highest BCUT2D eigenvalue weighted by atomic mass is 35.5. The Morgan fingerprint density at radius 2 is 1.83 bits per heavy atom. The van der Waals surface area contributed by atoms with E-state index < -0.39 is 5.82 Å². The zero-order valence-corrected chi connectivity index (χ0v) is 11.5. The molecule has 1 fully saturated rings. The molecule has 0 N–H and O–H groups in total.